The molecule has 10 heteroatoms. The molecule has 0 radical (unpaired) electrons. The molecule has 1 saturated heterocycles. The van der Waals surface area contributed by atoms with E-state index in [1.54, 1.807) is 57.2 Å². The minimum absolute atomic E-state index is 0.113. The largest absolute Gasteiger partial charge is 0.465 e. The highest BCUT2D eigenvalue weighted by atomic mass is 16.6. The Kier molecular flexibility index (Phi) is 8.88. The number of nitrogens with zero attached hydrogens (tertiary/aromatic N) is 1. The van der Waals surface area contributed by atoms with Crippen LogP contribution >= 0.6 is 0 Å². The zero-order valence-corrected chi connectivity index (χ0v) is 22.1. The molecule has 38 heavy (non-hydrogen) atoms. The van der Waals surface area contributed by atoms with Crippen LogP contribution in [0.4, 0.5) is 10.5 Å². The summed E-state index contributed by atoms with van der Waals surface area (Å²) < 4.78 is 10.3. The van der Waals surface area contributed by atoms with E-state index < -0.39 is 54.0 Å². The second-order valence-corrected chi connectivity index (χ2v) is 10.0. The lowest BCUT2D eigenvalue weighted by Crippen LogP contribution is -2.48. The maximum absolute atomic E-state index is 13.5. The average molecular weight is 524 g/mol. The molecule has 1 heterocycles. The highest BCUT2D eigenvalue weighted by Gasteiger charge is 2.50. The van der Waals surface area contributed by atoms with Crippen molar-refractivity contribution in [3.63, 3.8) is 0 Å². The molecular formula is C28H33N3O7. The molecule has 1 aliphatic rings. The maximum Gasteiger partial charge on any atom is 0.337 e. The number of urea groups is 1. The van der Waals surface area contributed by atoms with Gasteiger partial charge in [-0.1, -0.05) is 36.4 Å². The van der Waals surface area contributed by atoms with Crippen LogP contribution in [0.15, 0.2) is 54.6 Å². The lowest BCUT2D eigenvalue weighted by molar-refractivity contribution is -0.164. The van der Waals surface area contributed by atoms with Gasteiger partial charge < -0.3 is 25.0 Å². The molecule has 202 valence electrons. The first-order chi connectivity index (χ1) is 17.9. The molecule has 0 saturated carbocycles. The highest BCUT2D eigenvalue weighted by molar-refractivity contribution is 5.96. The fourth-order valence-corrected chi connectivity index (χ4v) is 4.47. The van der Waals surface area contributed by atoms with E-state index in [4.69, 9.17) is 4.74 Å². The Labute approximate surface area is 221 Å². The van der Waals surface area contributed by atoms with Gasteiger partial charge in [-0.05, 0) is 57.9 Å². The van der Waals surface area contributed by atoms with Crippen molar-refractivity contribution in [1.82, 2.24) is 10.2 Å². The number of methoxy groups -OCH3 is 1. The van der Waals surface area contributed by atoms with Crippen LogP contribution in [0.25, 0.3) is 0 Å². The first-order valence-electron chi connectivity index (χ1n) is 12.2. The van der Waals surface area contributed by atoms with Crippen LogP contribution in [0, 0.1) is 5.92 Å². The fraction of sp³-hybridized carbons (Fsp3) is 0.393. The summed E-state index contributed by atoms with van der Waals surface area (Å²) in [6, 6.07) is 12.8. The molecule has 0 aromatic heterocycles. The van der Waals surface area contributed by atoms with E-state index in [9.17, 15) is 24.0 Å². The van der Waals surface area contributed by atoms with Crippen LogP contribution < -0.4 is 10.6 Å². The predicted octanol–water partition coefficient (Wildman–Crippen LogP) is 3.48. The van der Waals surface area contributed by atoms with E-state index in [-0.39, 0.29) is 17.8 Å². The van der Waals surface area contributed by atoms with Gasteiger partial charge in [0.2, 0.25) is 5.91 Å². The van der Waals surface area contributed by atoms with Gasteiger partial charge in [0.1, 0.15) is 17.4 Å². The molecule has 3 amide bonds. The Balaban J connectivity index is 1.81. The summed E-state index contributed by atoms with van der Waals surface area (Å²) in [5.74, 6) is -2.48. The van der Waals surface area contributed by atoms with Gasteiger partial charge in [0.25, 0.3) is 0 Å². The smallest absolute Gasteiger partial charge is 0.337 e. The fourth-order valence-electron chi connectivity index (χ4n) is 4.47. The third-order valence-corrected chi connectivity index (χ3v) is 6.07. The number of likely N-dealkylation sites (tertiary alicyclic amines) is 1. The third-order valence-electron chi connectivity index (χ3n) is 6.07. The van der Waals surface area contributed by atoms with Crippen LogP contribution in [-0.2, 0) is 23.9 Å². The van der Waals surface area contributed by atoms with Crippen molar-refractivity contribution in [2.45, 2.75) is 51.8 Å². The number of carbonyl (C=O) groups is 5. The topological polar surface area (TPSA) is 131 Å². The molecule has 2 aromatic carbocycles. The Morgan fingerprint density at radius 2 is 1.68 bits per heavy atom. The van der Waals surface area contributed by atoms with Crippen LogP contribution in [0.5, 0.6) is 0 Å². The van der Waals surface area contributed by atoms with Gasteiger partial charge in [0, 0.05) is 11.6 Å². The first-order valence-corrected chi connectivity index (χ1v) is 12.2. The summed E-state index contributed by atoms with van der Waals surface area (Å²) in [7, 11) is 1.25. The van der Waals surface area contributed by atoms with Crippen molar-refractivity contribution in [3.8, 4) is 0 Å². The number of Topliss-reactive ketones (excluding diaryl/α,β-unsaturated/α-hetero) is 1. The minimum atomic E-state index is -0.998. The molecule has 1 fully saturated rings. The zero-order valence-electron chi connectivity index (χ0n) is 22.1. The molecule has 10 nitrogen and oxygen atoms in total. The van der Waals surface area contributed by atoms with Crippen LogP contribution in [-0.4, -0.2) is 59.9 Å². The monoisotopic (exact) mass is 523 g/mol. The second kappa shape index (κ2) is 11.9. The van der Waals surface area contributed by atoms with Crippen molar-refractivity contribution >= 4 is 35.3 Å². The van der Waals surface area contributed by atoms with E-state index in [2.05, 4.69) is 15.4 Å². The minimum Gasteiger partial charge on any atom is -0.465 e. The lowest BCUT2D eigenvalue weighted by Gasteiger charge is -2.32. The number of ketones is 1. The maximum atomic E-state index is 13.5. The third kappa shape index (κ3) is 6.96. The van der Waals surface area contributed by atoms with Gasteiger partial charge in [-0.2, -0.15) is 0 Å². The number of hydrogen-bond donors (Lipinski definition) is 2. The van der Waals surface area contributed by atoms with Crippen molar-refractivity contribution < 1.29 is 33.4 Å². The number of carbonyl (C=O) groups excluding carboxylic acids is 5. The van der Waals surface area contributed by atoms with Gasteiger partial charge in [0.15, 0.2) is 0 Å². The van der Waals surface area contributed by atoms with Crippen LogP contribution in [0.3, 0.4) is 0 Å². The normalized spacial score (nSPS) is 18.9. The van der Waals surface area contributed by atoms with Gasteiger partial charge in [-0.15, -0.1) is 0 Å². The molecule has 0 aliphatic carbocycles. The summed E-state index contributed by atoms with van der Waals surface area (Å²) in [5, 5.41) is 5.07. The van der Waals surface area contributed by atoms with E-state index >= 15 is 0 Å². The molecule has 3 unspecified atom stereocenters. The Hall–Kier alpha value is -4.21. The molecule has 2 N–H and O–H groups in total. The van der Waals surface area contributed by atoms with Gasteiger partial charge >= 0.3 is 18.0 Å². The number of amides is 3. The molecule has 1 aliphatic heterocycles. The standard InChI is InChI=1S/C28H33N3O7/c1-17(32)21-15-22(26(35)38-28(2,3)4)31(24(21)18-10-7-6-8-11-18)23(33)16-29-27(36)30-20-13-9-12-19(14-20)25(34)37-5/h6-14,21-22,24H,15-16H2,1-5H3,(H2,29,30,36). The Bertz CT molecular complexity index is 1210. The Morgan fingerprint density at radius 1 is 1.00 bits per heavy atom. The van der Waals surface area contributed by atoms with Crippen molar-refractivity contribution in [2.75, 3.05) is 19.0 Å². The molecule has 0 spiro atoms. The van der Waals surface area contributed by atoms with Crippen molar-refractivity contribution in [2.24, 2.45) is 5.92 Å². The van der Waals surface area contributed by atoms with E-state index in [0.29, 0.717) is 11.3 Å². The predicted molar refractivity (Wildman–Crippen MR) is 139 cm³/mol. The summed E-state index contributed by atoms with van der Waals surface area (Å²) in [6.07, 6.45) is 0.113. The molecular weight excluding hydrogens is 490 g/mol. The number of rotatable bonds is 7. The zero-order chi connectivity index (χ0) is 28.0. The molecule has 3 atom stereocenters. The second-order valence-electron chi connectivity index (χ2n) is 10.0. The first kappa shape index (κ1) is 28.4. The number of nitrogens with one attached hydrogen (secondary N) is 2. The van der Waals surface area contributed by atoms with E-state index in [1.807, 2.05) is 6.07 Å². The highest BCUT2D eigenvalue weighted by Crippen LogP contribution is 2.42. The SMILES string of the molecule is COC(=O)c1cccc(NC(=O)NCC(=O)N2C(C(=O)OC(C)(C)C)CC(C(C)=O)C2c2ccccc2)c1. The van der Waals surface area contributed by atoms with Gasteiger partial charge in [0.05, 0.1) is 25.3 Å². The quantitative estimate of drug-likeness (QED) is 0.531. The van der Waals surface area contributed by atoms with Gasteiger partial charge in [-0.3, -0.25) is 9.59 Å². The number of ether oxygens (including phenoxy) is 2. The molecule has 2 aromatic rings. The van der Waals surface area contributed by atoms with Crippen LogP contribution in [0.2, 0.25) is 0 Å². The van der Waals surface area contributed by atoms with Gasteiger partial charge in [-0.25, -0.2) is 14.4 Å². The van der Waals surface area contributed by atoms with E-state index in [0.717, 1.165) is 0 Å². The number of benzene rings is 2. The number of anilines is 1. The number of hydrogen-bond acceptors (Lipinski definition) is 7. The molecule has 3 rings (SSSR count). The summed E-state index contributed by atoms with van der Waals surface area (Å²) in [4.78, 5) is 64.9. The summed E-state index contributed by atoms with van der Waals surface area (Å²) >= 11 is 0. The van der Waals surface area contributed by atoms with Crippen molar-refractivity contribution in [3.05, 3.63) is 65.7 Å². The number of esters is 2. The summed E-state index contributed by atoms with van der Waals surface area (Å²) in [5.41, 5.74) is 0.486. The van der Waals surface area contributed by atoms with Crippen molar-refractivity contribution in [1.29, 1.82) is 0 Å². The van der Waals surface area contributed by atoms with Crippen LogP contribution in [0.1, 0.15) is 56.1 Å². The average Bonchev–Trinajstić information content (AvgIpc) is 3.28. The van der Waals surface area contributed by atoms with E-state index in [1.165, 1.54) is 31.1 Å². The molecule has 0 bridgehead atoms. The Morgan fingerprint density at radius 3 is 2.29 bits per heavy atom. The summed E-state index contributed by atoms with van der Waals surface area (Å²) in [6.45, 7) is 6.18. The lowest BCUT2D eigenvalue weighted by atomic mass is 9.90.